The number of guanidine groups is 1. The largest absolute Gasteiger partial charge is 0.354 e. The summed E-state index contributed by atoms with van der Waals surface area (Å²) in [6, 6.07) is 24.1. The number of fused-ring (bicyclic) bond motifs is 1. The van der Waals surface area contributed by atoms with Crippen molar-refractivity contribution < 1.29 is 4.79 Å². The fourth-order valence-electron chi connectivity index (χ4n) is 8.38. The number of nitrogens with one attached hydrogen (secondary N) is 3. The molecular weight excluding hydrogens is 714 g/mol. The Bertz CT molecular complexity index is 1480. The van der Waals surface area contributed by atoms with Crippen molar-refractivity contribution in [1.82, 2.24) is 10.6 Å². The number of rotatable bonds is 18. The van der Waals surface area contributed by atoms with Gasteiger partial charge < -0.3 is 16.0 Å². The van der Waals surface area contributed by atoms with Crippen LogP contribution < -0.4 is 16.0 Å². The number of hydrogen-bond acceptors (Lipinski definition) is 2. The molecule has 0 unspecified atom stereocenters. The van der Waals surface area contributed by atoms with Crippen molar-refractivity contribution in [3.8, 4) is 0 Å². The predicted octanol–water partition coefficient (Wildman–Crippen LogP) is 12.4. The highest BCUT2D eigenvalue weighted by molar-refractivity contribution is 7.75. The lowest BCUT2D eigenvalue weighted by atomic mass is 9.95. The third kappa shape index (κ3) is 14.4. The number of aliphatic imine (C=N–C) groups is 1. The van der Waals surface area contributed by atoms with E-state index in [4.69, 9.17) is 4.99 Å². The second-order valence-electron chi connectivity index (χ2n) is 15.7. The molecule has 3 aromatic rings. The van der Waals surface area contributed by atoms with Crippen molar-refractivity contribution in [3.05, 3.63) is 77.9 Å². The van der Waals surface area contributed by atoms with Crippen LogP contribution in [0.15, 0.2) is 71.7 Å². The van der Waals surface area contributed by atoms with Gasteiger partial charge in [0.25, 0.3) is 0 Å². The number of nitrogens with zero attached hydrogens (tertiary/aromatic N) is 1. The predicted molar refractivity (Wildman–Crippen MR) is 238 cm³/mol. The van der Waals surface area contributed by atoms with Crippen molar-refractivity contribution >= 4 is 60.4 Å². The SMILES string of the molecule is CCCC[P+](CCCC)(CCCC)Cc1ccc(NC(=O)[C@H](Cc2cccc3ccccc23)NC(=NC2CCCCC2)NC2CCCCC2)cc1.Cl.Cl. The van der Waals surface area contributed by atoms with E-state index < -0.39 is 13.3 Å². The first-order valence-electron chi connectivity index (χ1n) is 20.8. The van der Waals surface area contributed by atoms with E-state index >= 15 is 0 Å². The number of halogens is 2. The molecule has 0 saturated heterocycles. The Morgan fingerprint density at radius 3 is 1.94 bits per heavy atom. The Balaban J connectivity index is 0.00000378. The van der Waals surface area contributed by atoms with Gasteiger partial charge in [-0.2, -0.15) is 0 Å². The molecule has 3 aromatic carbocycles. The van der Waals surface area contributed by atoms with Gasteiger partial charge in [-0.05, 0) is 79.0 Å². The van der Waals surface area contributed by atoms with Crippen LogP contribution >= 0.6 is 32.1 Å². The van der Waals surface area contributed by atoms with Gasteiger partial charge in [-0.25, -0.2) is 4.99 Å². The fraction of sp³-hybridized carbons (Fsp3) is 0.600. The summed E-state index contributed by atoms with van der Waals surface area (Å²) in [5.74, 6) is 0.809. The van der Waals surface area contributed by atoms with E-state index in [0.717, 1.165) is 37.3 Å². The molecule has 2 aliphatic rings. The number of anilines is 1. The number of unbranched alkanes of at least 4 members (excludes halogenated alkanes) is 3. The standard InChI is InChI=1S/C45H67N4OP.2ClH/c1-4-7-31-51(32-8-5-2,33-9-6-3)35-36-27-29-41(30-28-36)46-44(50)43(34-38-21-18-20-37-19-16-17-26-42(37)38)49-45(47-39-22-12-10-13-23-39)48-40-24-14-11-15-25-40;;/h16-21,26-30,39-40,43H,4-15,22-25,31-35H2,1-3H3,(H2-,46,47,48,49,50);2*1H/p+1/t43-;;/m0../s1. The molecule has 0 aromatic heterocycles. The second kappa shape index (κ2) is 24.2. The topological polar surface area (TPSA) is 65.5 Å². The van der Waals surface area contributed by atoms with Crippen LogP contribution in [0.3, 0.4) is 0 Å². The zero-order chi connectivity index (χ0) is 35.7. The maximum atomic E-state index is 14.4. The quantitative estimate of drug-likeness (QED) is 0.0684. The van der Waals surface area contributed by atoms with E-state index in [0.29, 0.717) is 18.5 Å². The first-order valence-corrected chi connectivity index (χ1v) is 23.4. The van der Waals surface area contributed by atoms with Crippen LogP contribution in [0.5, 0.6) is 0 Å². The van der Waals surface area contributed by atoms with Crippen molar-refractivity contribution in [3.63, 3.8) is 0 Å². The number of amides is 1. The van der Waals surface area contributed by atoms with Crippen molar-refractivity contribution in [1.29, 1.82) is 0 Å². The third-order valence-corrected chi connectivity index (χ3v) is 16.3. The number of carbonyl (C=O) groups is 1. The minimum absolute atomic E-state index is 0. The summed E-state index contributed by atoms with van der Waals surface area (Å²) in [5, 5.41) is 13.3. The summed E-state index contributed by atoms with van der Waals surface area (Å²) in [4.78, 5) is 19.7. The smallest absolute Gasteiger partial charge is 0.247 e. The Morgan fingerprint density at radius 2 is 1.32 bits per heavy atom. The van der Waals surface area contributed by atoms with Crippen LogP contribution in [0.25, 0.3) is 10.8 Å². The zero-order valence-corrected chi connectivity index (χ0v) is 35.6. The van der Waals surface area contributed by atoms with Crippen LogP contribution in [0.4, 0.5) is 5.69 Å². The maximum absolute atomic E-state index is 14.4. The molecule has 0 bridgehead atoms. The van der Waals surface area contributed by atoms with E-state index in [1.54, 1.807) is 0 Å². The second-order valence-corrected chi connectivity index (χ2v) is 20.0. The van der Waals surface area contributed by atoms with E-state index in [-0.39, 0.29) is 30.7 Å². The fourth-order valence-corrected chi connectivity index (χ4v) is 13.5. The Labute approximate surface area is 335 Å². The molecule has 2 saturated carbocycles. The monoisotopic (exact) mass is 783 g/mol. The van der Waals surface area contributed by atoms with Crippen molar-refractivity contribution in [2.45, 2.75) is 154 Å². The summed E-state index contributed by atoms with van der Waals surface area (Å²) in [6.07, 6.45) is 26.1. The minimum atomic E-state index is -1.05. The van der Waals surface area contributed by atoms with E-state index in [9.17, 15) is 4.79 Å². The summed E-state index contributed by atoms with van der Waals surface area (Å²) in [6.45, 7) is 7.02. The summed E-state index contributed by atoms with van der Waals surface area (Å²) in [5.41, 5.74) is 3.49. The van der Waals surface area contributed by atoms with Crippen LogP contribution in [-0.2, 0) is 17.4 Å². The van der Waals surface area contributed by atoms with Gasteiger partial charge in [0.1, 0.15) is 6.04 Å². The van der Waals surface area contributed by atoms with Crippen LogP contribution in [0, 0.1) is 0 Å². The molecule has 0 heterocycles. The van der Waals surface area contributed by atoms with E-state index in [2.05, 4.69) is 103 Å². The lowest BCUT2D eigenvalue weighted by Gasteiger charge is -2.29. The van der Waals surface area contributed by atoms with Crippen molar-refractivity contribution in [2.75, 3.05) is 23.8 Å². The number of hydrogen-bond donors (Lipinski definition) is 3. The molecule has 5 rings (SSSR count). The first kappa shape index (κ1) is 45.1. The van der Waals surface area contributed by atoms with Gasteiger partial charge in [-0.3, -0.25) is 4.79 Å². The number of benzene rings is 3. The molecule has 0 aliphatic heterocycles. The third-order valence-electron chi connectivity index (χ3n) is 11.5. The lowest BCUT2D eigenvalue weighted by molar-refractivity contribution is -0.117. The van der Waals surface area contributed by atoms with Crippen LogP contribution in [0.2, 0.25) is 0 Å². The zero-order valence-electron chi connectivity index (χ0n) is 33.1. The lowest BCUT2D eigenvalue weighted by Crippen LogP contribution is -2.53. The highest BCUT2D eigenvalue weighted by atomic mass is 35.5. The van der Waals surface area contributed by atoms with Gasteiger partial charge >= 0.3 is 0 Å². The van der Waals surface area contributed by atoms with Gasteiger partial charge in [0, 0.05) is 25.4 Å². The Hall–Kier alpha value is -2.33. The minimum Gasteiger partial charge on any atom is -0.354 e. The average molecular weight is 785 g/mol. The average Bonchev–Trinajstić information content (AvgIpc) is 3.16. The van der Waals surface area contributed by atoms with Gasteiger partial charge in [-0.1, -0.05) is 133 Å². The molecule has 0 spiro atoms. The molecule has 294 valence electrons. The summed E-state index contributed by atoms with van der Waals surface area (Å²) < 4.78 is 0. The van der Waals surface area contributed by atoms with Gasteiger partial charge in [-0.15, -0.1) is 24.8 Å². The molecule has 2 aliphatic carbocycles. The number of carbonyl (C=O) groups excluding carboxylic acids is 1. The molecule has 53 heavy (non-hydrogen) atoms. The highest BCUT2D eigenvalue weighted by Gasteiger charge is 2.35. The van der Waals surface area contributed by atoms with Gasteiger partial charge in [0.05, 0.1) is 30.7 Å². The molecule has 0 radical (unpaired) electrons. The molecule has 8 heteroatoms. The molecular formula is C45H70Cl2N4OP+. The highest BCUT2D eigenvalue weighted by Crippen LogP contribution is 2.63. The summed E-state index contributed by atoms with van der Waals surface area (Å²) >= 11 is 0. The Kier molecular flexibility index (Phi) is 20.6. The maximum Gasteiger partial charge on any atom is 0.247 e. The molecule has 1 amide bonds. The first-order chi connectivity index (χ1) is 25.0. The van der Waals surface area contributed by atoms with Crippen LogP contribution in [-0.4, -0.2) is 48.5 Å². The van der Waals surface area contributed by atoms with Gasteiger partial charge in [0.2, 0.25) is 5.91 Å². The van der Waals surface area contributed by atoms with E-state index in [1.807, 2.05) is 0 Å². The molecule has 2 fully saturated rings. The molecule has 5 nitrogen and oxygen atoms in total. The van der Waals surface area contributed by atoms with Crippen molar-refractivity contribution in [2.24, 2.45) is 4.99 Å². The Morgan fingerprint density at radius 1 is 0.736 bits per heavy atom. The normalized spacial score (nSPS) is 16.3. The van der Waals surface area contributed by atoms with Gasteiger partial charge in [0.15, 0.2) is 5.96 Å². The summed E-state index contributed by atoms with van der Waals surface area (Å²) in [7, 11) is -1.05. The molecule has 1 atom stereocenters. The van der Waals surface area contributed by atoms with E-state index in [1.165, 1.54) is 124 Å². The van der Waals surface area contributed by atoms with Crippen LogP contribution in [0.1, 0.15) is 135 Å². The molecule has 3 N–H and O–H groups in total.